The van der Waals surface area contributed by atoms with Crippen LogP contribution in [0.15, 0.2) is 18.2 Å². The lowest BCUT2D eigenvalue weighted by Gasteiger charge is -2.20. The molecule has 2 N–H and O–H groups in total. The van der Waals surface area contributed by atoms with Crippen LogP contribution in [0.25, 0.3) is 0 Å². The van der Waals surface area contributed by atoms with Crippen LogP contribution in [0, 0.1) is 6.92 Å². The van der Waals surface area contributed by atoms with Crippen LogP contribution in [0.4, 0.5) is 0 Å². The van der Waals surface area contributed by atoms with E-state index in [2.05, 4.69) is 37.5 Å². The molecule has 1 rings (SSSR count). The smallest absolute Gasteiger partial charge is 0.251 e. The van der Waals surface area contributed by atoms with Gasteiger partial charge in [-0.25, -0.2) is 0 Å². The van der Waals surface area contributed by atoms with Gasteiger partial charge in [-0.1, -0.05) is 32.9 Å². The van der Waals surface area contributed by atoms with Gasteiger partial charge in [0.25, 0.3) is 5.91 Å². The summed E-state index contributed by atoms with van der Waals surface area (Å²) in [6.07, 6.45) is 0. The standard InChI is InChI=1S/C16H24N2O2/c1-11-10-13(16(3,4)5)6-7-14(11)15(20)18-9-8-17-12(2)19/h6-7,10H,8-9H2,1-5H3,(H,17,19)(H,18,20). The van der Waals surface area contributed by atoms with Crippen LogP contribution in [0.1, 0.15) is 49.2 Å². The van der Waals surface area contributed by atoms with E-state index in [0.29, 0.717) is 18.7 Å². The van der Waals surface area contributed by atoms with Crippen molar-refractivity contribution in [2.45, 2.75) is 40.0 Å². The second-order valence-electron chi connectivity index (χ2n) is 6.02. The largest absolute Gasteiger partial charge is 0.355 e. The van der Waals surface area contributed by atoms with E-state index in [1.165, 1.54) is 12.5 Å². The first-order chi connectivity index (χ1) is 9.21. The summed E-state index contributed by atoms with van der Waals surface area (Å²) in [4.78, 5) is 22.8. The van der Waals surface area contributed by atoms with E-state index < -0.39 is 0 Å². The fourth-order valence-corrected chi connectivity index (χ4v) is 1.89. The number of nitrogens with one attached hydrogen (secondary N) is 2. The van der Waals surface area contributed by atoms with Gasteiger partial charge in [-0.2, -0.15) is 0 Å². The maximum Gasteiger partial charge on any atom is 0.251 e. The Hall–Kier alpha value is -1.84. The lowest BCUT2D eigenvalue weighted by Crippen LogP contribution is -2.34. The Morgan fingerprint density at radius 1 is 1.10 bits per heavy atom. The van der Waals surface area contributed by atoms with Gasteiger partial charge in [0.1, 0.15) is 0 Å². The van der Waals surface area contributed by atoms with Crippen LogP contribution in [-0.4, -0.2) is 24.9 Å². The number of carbonyl (C=O) groups excluding carboxylic acids is 2. The fourth-order valence-electron chi connectivity index (χ4n) is 1.89. The first-order valence-corrected chi connectivity index (χ1v) is 6.85. The lowest BCUT2D eigenvalue weighted by atomic mass is 9.85. The molecule has 20 heavy (non-hydrogen) atoms. The molecule has 0 fully saturated rings. The van der Waals surface area contributed by atoms with E-state index in [-0.39, 0.29) is 17.2 Å². The molecular formula is C16H24N2O2. The highest BCUT2D eigenvalue weighted by atomic mass is 16.2. The molecule has 0 saturated heterocycles. The number of hydrogen-bond donors (Lipinski definition) is 2. The van der Waals surface area contributed by atoms with Crippen molar-refractivity contribution >= 4 is 11.8 Å². The quantitative estimate of drug-likeness (QED) is 0.828. The third-order valence-electron chi connectivity index (χ3n) is 3.12. The van der Waals surface area contributed by atoms with Gasteiger partial charge < -0.3 is 10.6 Å². The summed E-state index contributed by atoms with van der Waals surface area (Å²) < 4.78 is 0. The Balaban J connectivity index is 2.67. The minimum atomic E-state index is -0.103. The minimum Gasteiger partial charge on any atom is -0.355 e. The molecule has 0 saturated carbocycles. The molecule has 0 aliphatic heterocycles. The van der Waals surface area contributed by atoms with Crippen molar-refractivity contribution in [3.63, 3.8) is 0 Å². The second kappa shape index (κ2) is 6.55. The molecule has 2 amide bonds. The number of carbonyl (C=O) groups is 2. The van der Waals surface area contributed by atoms with Gasteiger partial charge in [0, 0.05) is 25.6 Å². The van der Waals surface area contributed by atoms with Gasteiger partial charge >= 0.3 is 0 Å². The molecule has 4 nitrogen and oxygen atoms in total. The lowest BCUT2D eigenvalue weighted by molar-refractivity contribution is -0.118. The Morgan fingerprint density at radius 2 is 1.70 bits per heavy atom. The van der Waals surface area contributed by atoms with Crippen LogP contribution < -0.4 is 10.6 Å². The Labute approximate surface area is 121 Å². The van der Waals surface area contributed by atoms with Crippen molar-refractivity contribution in [1.82, 2.24) is 10.6 Å². The van der Waals surface area contributed by atoms with Gasteiger partial charge in [0.15, 0.2) is 0 Å². The Kier molecular flexibility index (Phi) is 5.31. The summed E-state index contributed by atoms with van der Waals surface area (Å²) in [5, 5.41) is 5.44. The zero-order valence-corrected chi connectivity index (χ0v) is 13.0. The van der Waals surface area contributed by atoms with Crippen LogP contribution >= 0.6 is 0 Å². The van der Waals surface area contributed by atoms with Crippen LogP contribution in [0.2, 0.25) is 0 Å². The van der Waals surface area contributed by atoms with Crippen molar-refractivity contribution in [2.24, 2.45) is 0 Å². The maximum absolute atomic E-state index is 12.0. The van der Waals surface area contributed by atoms with E-state index in [0.717, 1.165) is 5.56 Å². The van der Waals surface area contributed by atoms with Gasteiger partial charge in [0.2, 0.25) is 5.91 Å². The molecule has 0 radical (unpaired) electrons. The molecule has 0 bridgehead atoms. The van der Waals surface area contributed by atoms with Gasteiger partial charge in [-0.3, -0.25) is 9.59 Å². The molecule has 0 spiro atoms. The van der Waals surface area contributed by atoms with Crippen molar-refractivity contribution in [3.8, 4) is 0 Å². The third kappa shape index (κ3) is 4.68. The highest BCUT2D eigenvalue weighted by molar-refractivity contribution is 5.95. The van der Waals surface area contributed by atoms with Crippen LogP contribution in [-0.2, 0) is 10.2 Å². The third-order valence-corrected chi connectivity index (χ3v) is 3.12. The zero-order valence-electron chi connectivity index (χ0n) is 13.0. The summed E-state index contributed by atoms with van der Waals surface area (Å²) in [6.45, 7) is 10.7. The number of aryl methyl sites for hydroxylation is 1. The minimum absolute atomic E-state index is 0.0746. The molecule has 0 unspecified atom stereocenters. The van der Waals surface area contributed by atoms with Crippen LogP contribution in [0.5, 0.6) is 0 Å². The fraction of sp³-hybridized carbons (Fsp3) is 0.500. The predicted octanol–water partition coefficient (Wildman–Crippen LogP) is 2.16. The SMILES string of the molecule is CC(=O)NCCNC(=O)c1ccc(C(C)(C)C)cc1C. The average Bonchev–Trinajstić information content (AvgIpc) is 2.32. The summed E-state index contributed by atoms with van der Waals surface area (Å²) >= 11 is 0. The molecule has 1 aromatic carbocycles. The number of rotatable bonds is 4. The maximum atomic E-state index is 12.0. The normalized spacial score (nSPS) is 11.1. The average molecular weight is 276 g/mol. The highest BCUT2D eigenvalue weighted by Crippen LogP contribution is 2.24. The van der Waals surface area contributed by atoms with Crippen molar-refractivity contribution in [3.05, 3.63) is 34.9 Å². The number of amides is 2. The summed E-state index contributed by atoms with van der Waals surface area (Å²) in [5.74, 6) is -0.196. The topological polar surface area (TPSA) is 58.2 Å². The molecule has 0 heterocycles. The number of hydrogen-bond acceptors (Lipinski definition) is 2. The summed E-state index contributed by atoms with van der Waals surface area (Å²) in [6, 6.07) is 5.92. The molecule has 0 aromatic heterocycles. The van der Waals surface area contributed by atoms with Crippen molar-refractivity contribution in [1.29, 1.82) is 0 Å². The van der Waals surface area contributed by atoms with Gasteiger partial charge in [-0.05, 0) is 29.5 Å². The molecule has 110 valence electrons. The second-order valence-corrected chi connectivity index (χ2v) is 6.02. The highest BCUT2D eigenvalue weighted by Gasteiger charge is 2.16. The molecule has 0 atom stereocenters. The molecule has 0 aliphatic carbocycles. The van der Waals surface area contributed by atoms with Gasteiger partial charge in [-0.15, -0.1) is 0 Å². The first kappa shape index (κ1) is 16.2. The molecular weight excluding hydrogens is 252 g/mol. The van der Waals surface area contributed by atoms with Crippen molar-refractivity contribution < 1.29 is 9.59 Å². The first-order valence-electron chi connectivity index (χ1n) is 6.85. The molecule has 4 heteroatoms. The summed E-state index contributed by atoms with van der Waals surface area (Å²) in [5.41, 5.74) is 2.94. The van der Waals surface area contributed by atoms with E-state index in [1.807, 2.05) is 19.1 Å². The van der Waals surface area contributed by atoms with E-state index >= 15 is 0 Å². The van der Waals surface area contributed by atoms with E-state index in [4.69, 9.17) is 0 Å². The predicted molar refractivity (Wildman–Crippen MR) is 80.9 cm³/mol. The Morgan fingerprint density at radius 3 is 2.20 bits per heavy atom. The van der Waals surface area contributed by atoms with E-state index in [9.17, 15) is 9.59 Å². The summed E-state index contributed by atoms with van der Waals surface area (Å²) in [7, 11) is 0. The number of benzene rings is 1. The van der Waals surface area contributed by atoms with E-state index in [1.54, 1.807) is 0 Å². The molecule has 0 aliphatic rings. The Bertz CT molecular complexity index is 502. The van der Waals surface area contributed by atoms with Crippen molar-refractivity contribution in [2.75, 3.05) is 13.1 Å². The van der Waals surface area contributed by atoms with Gasteiger partial charge in [0.05, 0.1) is 0 Å². The zero-order chi connectivity index (χ0) is 15.3. The monoisotopic (exact) mass is 276 g/mol. The van der Waals surface area contributed by atoms with Crippen LogP contribution in [0.3, 0.4) is 0 Å². The molecule has 1 aromatic rings.